The Morgan fingerprint density at radius 1 is 1.33 bits per heavy atom. The van der Waals surface area contributed by atoms with E-state index in [1.54, 1.807) is 0 Å². The zero-order chi connectivity index (χ0) is 15.6. The summed E-state index contributed by atoms with van der Waals surface area (Å²) in [6.07, 6.45) is 1.45. The molecule has 1 unspecified atom stereocenters. The highest BCUT2D eigenvalue weighted by molar-refractivity contribution is 5.88. The Morgan fingerprint density at radius 3 is 2.71 bits per heavy atom. The molecule has 0 radical (unpaired) electrons. The first-order valence-corrected chi connectivity index (χ1v) is 6.83. The van der Waals surface area contributed by atoms with Crippen LogP contribution in [0.15, 0.2) is 18.2 Å². The predicted molar refractivity (Wildman–Crippen MR) is 71.7 cm³/mol. The Morgan fingerprint density at radius 2 is 2.05 bits per heavy atom. The largest absolute Gasteiger partial charge is 0.480 e. The van der Waals surface area contributed by atoms with Gasteiger partial charge in [0.25, 0.3) is 0 Å². The van der Waals surface area contributed by atoms with Gasteiger partial charge in [-0.05, 0) is 32.3 Å². The number of halogens is 2. The van der Waals surface area contributed by atoms with Crippen LogP contribution in [0, 0.1) is 11.6 Å². The highest BCUT2D eigenvalue weighted by Gasteiger charge is 2.43. The third kappa shape index (κ3) is 2.89. The molecule has 1 amide bonds. The number of carboxylic acid groups (broad SMARTS) is 1. The van der Waals surface area contributed by atoms with Crippen LogP contribution < -0.4 is 0 Å². The molecule has 1 aromatic carbocycles. The van der Waals surface area contributed by atoms with E-state index < -0.39 is 29.0 Å². The minimum Gasteiger partial charge on any atom is -0.480 e. The smallest absolute Gasteiger partial charge is 0.329 e. The van der Waals surface area contributed by atoms with Gasteiger partial charge in [0.2, 0.25) is 5.91 Å². The van der Waals surface area contributed by atoms with E-state index in [2.05, 4.69) is 0 Å². The van der Waals surface area contributed by atoms with Gasteiger partial charge in [-0.25, -0.2) is 13.6 Å². The molecule has 1 saturated heterocycles. The van der Waals surface area contributed by atoms with Crippen molar-refractivity contribution in [2.24, 2.45) is 0 Å². The van der Waals surface area contributed by atoms with Gasteiger partial charge >= 0.3 is 5.97 Å². The van der Waals surface area contributed by atoms with E-state index in [4.69, 9.17) is 0 Å². The molecule has 114 valence electrons. The number of hydrogen-bond donors (Lipinski definition) is 1. The minimum atomic E-state index is -1.28. The van der Waals surface area contributed by atoms with Gasteiger partial charge in [-0.2, -0.15) is 0 Å². The summed E-state index contributed by atoms with van der Waals surface area (Å²) in [5, 5.41) is 9.35. The van der Waals surface area contributed by atoms with E-state index >= 15 is 0 Å². The van der Waals surface area contributed by atoms with Crippen LogP contribution in [-0.4, -0.2) is 34.0 Å². The summed E-state index contributed by atoms with van der Waals surface area (Å²) in [6.45, 7) is 1.81. The number of nitrogens with zero attached hydrogens (tertiary/aromatic N) is 1. The highest BCUT2D eigenvalue weighted by atomic mass is 19.2. The van der Waals surface area contributed by atoms with Crippen molar-refractivity contribution in [1.82, 2.24) is 4.90 Å². The van der Waals surface area contributed by atoms with Gasteiger partial charge in [-0.1, -0.05) is 12.1 Å². The molecule has 21 heavy (non-hydrogen) atoms. The molecule has 1 heterocycles. The fourth-order valence-electron chi connectivity index (χ4n) is 2.69. The third-order valence-electron chi connectivity index (χ3n) is 4.03. The second-order valence-electron chi connectivity index (χ2n) is 5.47. The number of amides is 1. The van der Waals surface area contributed by atoms with E-state index in [0.29, 0.717) is 19.4 Å². The zero-order valence-electron chi connectivity index (χ0n) is 11.7. The molecule has 6 heteroatoms. The predicted octanol–water partition coefficient (Wildman–Crippen LogP) is 2.36. The molecule has 1 aromatic rings. The molecule has 0 aliphatic carbocycles. The lowest BCUT2D eigenvalue weighted by atomic mass is 9.88. The summed E-state index contributed by atoms with van der Waals surface area (Å²) < 4.78 is 26.8. The summed E-state index contributed by atoms with van der Waals surface area (Å²) in [7, 11) is 0. The van der Waals surface area contributed by atoms with Crippen LogP contribution >= 0.6 is 0 Å². The van der Waals surface area contributed by atoms with Crippen molar-refractivity contribution < 1.29 is 23.5 Å². The summed E-state index contributed by atoms with van der Waals surface area (Å²) >= 11 is 0. The van der Waals surface area contributed by atoms with E-state index in [9.17, 15) is 23.5 Å². The number of carbonyl (C=O) groups excluding carboxylic acids is 1. The van der Waals surface area contributed by atoms with Crippen molar-refractivity contribution >= 4 is 11.9 Å². The number of rotatable bonds is 3. The molecule has 0 saturated carbocycles. The number of piperidine rings is 1. The van der Waals surface area contributed by atoms with E-state index in [0.717, 1.165) is 12.5 Å². The van der Waals surface area contributed by atoms with Crippen LogP contribution in [0.2, 0.25) is 0 Å². The molecular formula is C15H17F2NO3. The monoisotopic (exact) mass is 297 g/mol. The first-order chi connectivity index (χ1) is 9.86. The second kappa shape index (κ2) is 5.79. The van der Waals surface area contributed by atoms with Gasteiger partial charge in [0.05, 0.1) is 6.42 Å². The Labute approximate surface area is 121 Å². The molecule has 0 aromatic heterocycles. The van der Waals surface area contributed by atoms with Crippen molar-refractivity contribution in [1.29, 1.82) is 0 Å². The fraction of sp³-hybridized carbons (Fsp3) is 0.467. The number of aliphatic carboxylic acids is 1. The Kier molecular flexibility index (Phi) is 4.25. The zero-order valence-corrected chi connectivity index (χ0v) is 11.7. The topological polar surface area (TPSA) is 57.6 Å². The number of benzene rings is 1. The van der Waals surface area contributed by atoms with Crippen molar-refractivity contribution in [2.75, 3.05) is 6.54 Å². The summed E-state index contributed by atoms with van der Waals surface area (Å²) in [6, 6.07) is 3.64. The van der Waals surface area contributed by atoms with Gasteiger partial charge in [-0.3, -0.25) is 4.79 Å². The maximum absolute atomic E-state index is 13.6. The first-order valence-electron chi connectivity index (χ1n) is 6.83. The van der Waals surface area contributed by atoms with E-state index in [1.165, 1.54) is 24.0 Å². The number of likely N-dealkylation sites (tertiary alicyclic amines) is 1. The molecule has 1 fully saturated rings. The molecule has 2 rings (SSSR count). The van der Waals surface area contributed by atoms with Crippen LogP contribution in [0.5, 0.6) is 0 Å². The molecule has 1 atom stereocenters. The normalized spacial score (nSPS) is 22.1. The Hall–Kier alpha value is -1.98. The number of carboxylic acids is 1. The van der Waals surface area contributed by atoms with Gasteiger partial charge in [0, 0.05) is 12.1 Å². The summed E-state index contributed by atoms with van der Waals surface area (Å²) in [4.78, 5) is 25.0. The van der Waals surface area contributed by atoms with Crippen molar-refractivity contribution in [3.63, 3.8) is 0 Å². The average molecular weight is 297 g/mol. The van der Waals surface area contributed by atoms with Crippen molar-refractivity contribution in [3.8, 4) is 0 Å². The lowest BCUT2D eigenvalue weighted by Crippen LogP contribution is -2.57. The van der Waals surface area contributed by atoms with Gasteiger partial charge < -0.3 is 10.0 Å². The van der Waals surface area contributed by atoms with Crippen molar-refractivity contribution in [2.45, 2.75) is 38.1 Å². The maximum Gasteiger partial charge on any atom is 0.329 e. The van der Waals surface area contributed by atoms with Crippen LogP contribution in [0.3, 0.4) is 0 Å². The van der Waals surface area contributed by atoms with Crippen LogP contribution in [-0.2, 0) is 16.0 Å². The molecule has 1 aliphatic heterocycles. The van der Waals surface area contributed by atoms with E-state index in [-0.39, 0.29) is 12.0 Å². The number of carbonyl (C=O) groups is 2. The van der Waals surface area contributed by atoms with Crippen LogP contribution in [0.4, 0.5) is 8.78 Å². The maximum atomic E-state index is 13.6. The lowest BCUT2D eigenvalue weighted by Gasteiger charge is -2.41. The molecule has 0 bridgehead atoms. The quantitative estimate of drug-likeness (QED) is 0.932. The Balaban J connectivity index is 2.22. The lowest BCUT2D eigenvalue weighted by molar-refractivity contribution is -0.160. The third-order valence-corrected chi connectivity index (χ3v) is 4.03. The standard InChI is InChI=1S/C15H17F2NO3/c1-15(14(20)21)7-2-3-8-18(15)12(19)9-10-5-4-6-11(16)13(10)17/h4-6H,2-3,7-9H2,1H3,(H,20,21). The molecule has 1 N–H and O–H groups in total. The van der Waals surface area contributed by atoms with Crippen LogP contribution in [0.1, 0.15) is 31.7 Å². The molecule has 4 nitrogen and oxygen atoms in total. The van der Waals surface area contributed by atoms with E-state index in [1.807, 2.05) is 0 Å². The minimum absolute atomic E-state index is 0.0571. The van der Waals surface area contributed by atoms with Gasteiger partial charge in [-0.15, -0.1) is 0 Å². The van der Waals surface area contributed by atoms with Crippen LogP contribution in [0.25, 0.3) is 0 Å². The SMILES string of the molecule is CC1(C(=O)O)CCCCN1C(=O)Cc1cccc(F)c1F. The van der Waals surface area contributed by atoms with Crippen molar-refractivity contribution in [3.05, 3.63) is 35.4 Å². The number of hydrogen-bond acceptors (Lipinski definition) is 2. The average Bonchev–Trinajstić information content (AvgIpc) is 2.44. The van der Waals surface area contributed by atoms with Gasteiger partial charge in [0.1, 0.15) is 5.54 Å². The molecular weight excluding hydrogens is 280 g/mol. The highest BCUT2D eigenvalue weighted by Crippen LogP contribution is 2.29. The Bertz CT molecular complexity index is 576. The van der Waals surface area contributed by atoms with Gasteiger partial charge in [0.15, 0.2) is 11.6 Å². The molecule has 1 aliphatic rings. The first kappa shape index (κ1) is 15.4. The fourth-order valence-corrected chi connectivity index (χ4v) is 2.69. The second-order valence-corrected chi connectivity index (χ2v) is 5.47. The summed E-state index contributed by atoms with van der Waals surface area (Å²) in [5.74, 6) is -3.64. The summed E-state index contributed by atoms with van der Waals surface area (Å²) in [5.41, 5.74) is -1.34. The molecule has 0 spiro atoms.